The molecule has 0 aliphatic heterocycles. The number of amides is 2. The molecule has 9 heteroatoms. The molecule has 0 fully saturated rings. The van der Waals surface area contributed by atoms with Crippen molar-refractivity contribution < 1.29 is 19.1 Å². The molecule has 8 nitrogen and oxygen atoms in total. The lowest BCUT2D eigenvalue weighted by Gasteiger charge is -2.13. The minimum Gasteiger partial charge on any atom is -0.486 e. The minimum atomic E-state index is -0.338. The number of fused-ring (bicyclic) bond motifs is 1. The average Bonchev–Trinajstić information content (AvgIpc) is 3.31. The SMILES string of the molecule is CSC(Cc1ccc(OCc2nc3ccc(Oc4ccc(-c5ccc(N)cc5)cc4)cc3n2C)cc1)C(=O)NC=O. The van der Waals surface area contributed by atoms with Crippen LogP contribution in [-0.2, 0) is 29.7 Å². The molecule has 1 atom stereocenters. The number of nitrogen functional groups attached to an aromatic ring is 1. The number of aromatic nitrogens is 2. The van der Waals surface area contributed by atoms with E-state index in [2.05, 4.69) is 5.32 Å². The quantitative estimate of drug-likeness (QED) is 0.155. The summed E-state index contributed by atoms with van der Waals surface area (Å²) in [4.78, 5) is 27.3. The maximum Gasteiger partial charge on any atom is 0.239 e. The highest BCUT2D eigenvalue weighted by Crippen LogP contribution is 2.29. The summed E-state index contributed by atoms with van der Waals surface area (Å²) in [7, 11) is 1.95. The van der Waals surface area contributed by atoms with E-state index in [1.165, 1.54) is 11.8 Å². The molecule has 0 saturated carbocycles. The average molecular weight is 567 g/mol. The van der Waals surface area contributed by atoms with Crippen molar-refractivity contribution in [2.24, 2.45) is 7.05 Å². The fraction of sp³-hybridized carbons (Fsp3) is 0.156. The third-order valence-electron chi connectivity index (χ3n) is 6.77. The first-order valence-corrected chi connectivity index (χ1v) is 14.3. The van der Waals surface area contributed by atoms with Crippen molar-refractivity contribution in [3.63, 3.8) is 0 Å². The zero-order chi connectivity index (χ0) is 28.8. The second-order valence-electron chi connectivity index (χ2n) is 9.47. The van der Waals surface area contributed by atoms with Gasteiger partial charge < -0.3 is 19.8 Å². The molecule has 1 heterocycles. The molecule has 3 N–H and O–H groups in total. The van der Waals surface area contributed by atoms with Crippen molar-refractivity contribution in [2.45, 2.75) is 18.3 Å². The number of ether oxygens (including phenoxy) is 2. The van der Waals surface area contributed by atoms with E-state index < -0.39 is 0 Å². The van der Waals surface area contributed by atoms with E-state index in [9.17, 15) is 9.59 Å². The van der Waals surface area contributed by atoms with Gasteiger partial charge in [-0.25, -0.2) is 4.98 Å². The van der Waals surface area contributed by atoms with Gasteiger partial charge in [0.1, 0.15) is 29.7 Å². The number of nitrogens with zero attached hydrogens (tertiary/aromatic N) is 2. The van der Waals surface area contributed by atoms with Gasteiger partial charge in [0.2, 0.25) is 12.3 Å². The number of aryl methyl sites for hydroxylation is 1. The Kier molecular flexibility index (Phi) is 8.55. The minimum absolute atomic E-state index is 0.294. The van der Waals surface area contributed by atoms with Crippen LogP contribution in [0, 0.1) is 0 Å². The molecule has 0 aliphatic carbocycles. The van der Waals surface area contributed by atoms with E-state index in [-0.39, 0.29) is 11.2 Å². The number of anilines is 1. The molecule has 4 aromatic carbocycles. The van der Waals surface area contributed by atoms with Gasteiger partial charge in [-0.1, -0.05) is 36.4 Å². The molecule has 0 spiro atoms. The molecule has 1 unspecified atom stereocenters. The second-order valence-corrected chi connectivity index (χ2v) is 10.5. The Hall–Kier alpha value is -4.76. The van der Waals surface area contributed by atoms with Gasteiger partial charge in [-0.2, -0.15) is 11.8 Å². The fourth-order valence-corrected chi connectivity index (χ4v) is 5.10. The number of carbonyl (C=O) groups is 2. The Balaban J connectivity index is 1.22. The molecule has 0 radical (unpaired) electrons. The molecule has 2 amide bonds. The topological polar surface area (TPSA) is 108 Å². The van der Waals surface area contributed by atoms with E-state index in [0.717, 1.165) is 45.0 Å². The lowest BCUT2D eigenvalue weighted by Crippen LogP contribution is -2.32. The van der Waals surface area contributed by atoms with Gasteiger partial charge in [0.05, 0.1) is 16.3 Å². The number of thioether (sulfide) groups is 1. The fourth-order valence-electron chi connectivity index (χ4n) is 4.46. The predicted octanol–water partition coefficient (Wildman–Crippen LogP) is 5.74. The lowest BCUT2D eigenvalue weighted by atomic mass is 10.1. The monoisotopic (exact) mass is 566 g/mol. The van der Waals surface area contributed by atoms with Gasteiger partial charge in [0.25, 0.3) is 0 Å². The number of imidazole rings is 1. The van der Waals surface area contributed by atoms with Crippen LogP contribution in [0.5, 0.6) is 17.2 Å². The van der Waals surface area contributed by atoms with Crippen molar-refractivity contribution in [1.29, 1.82) is 0 Å². The van der Waals surface area contributed by atoms with Crippen LogP contribution in [-0.4, -0.2) is 33.4 Å². The lowest BCUT2D eigenvalue weighted by molar-refractivity contribution is -0.124. The largest absolute Gasteiger partial charge is 0.486 e. The molecular formula is C32H30N4O4S. The van der Waals surface area contributed by atoms with E-state index >= 15 is 0 Å². The molecular weight excluding hydrogens is 536 g/mol. The number of benzene rings is 4. The highest BCUT2D eigenvalue weighted by molar-refractivity contribution is 7.99. The van der Waals surface area contributed by atoms with Crippen LogP contribution in [0.3, 0.4) is 0 Å². The van der Waals surface area contributed by atoms with Gasteiger partial charge in [0.15, 0.2) is 0 Å². The first-order valence-electron chi connectivity index (χ1n) is 13.0. The maximum absolute atomic E-state index is 12.0. The number of hydrogen-bond acceptors (Lipinski definition) is 7. The number of rotatable bonds is 11. The zero-order valence-corrected chi connectivity index (χ0v) is 23.6. The van der Waals surface area contributed by atoms with Crippen molar-refractivity contribution in [3.05, 3.63) is 102 Å². The number of nitrogens with one attached hydrogen (secondary N) is 1. The Morgan fingerprint density at radius 1 is 0.951 bits per heavy atom. The summed E-state index contributed by atoms with van der Waals surface area (Å²) in [6.07, 6.45) is 2.78. The Bertz CT molecular complexity index is 1650. The Morgan fingerprint density at radius 3 is 2.24 bits per heavy atom. The summed E-state index contributed by atoms with van der Waals surface area (Å²) in [5.74, 6) is 2.64. The maximum atomic E-state index is 12.0. The van der Waals surface area contributed by atoms with Crippen LogP contribution in [0.1, 0.15) is 11.4 Å². The van der Waals surface area contributed by atoms with Crippen LogP contribution in [0.2, 0.25) is 0 Å². The molecule has 5 aromatic rings. The van der Waals surface area contributed by atoms with Gasteiger partial charge in [-0.05, 0) is 77.9 Å². The molecule has 5 rings (SSSR count). The molecule has 0 saturated heterocycles. The van der Waals surface area contributed by atoms with Crippen LogP contribution >= 0.6 is 11.8 Å². The first-order chi connectivity index (χ1) is 19.9. The molecule has 1 aromatic heterocycles. The summed E-state index contributed by atoms with van der Waals surface area (Å²) in [5.41, 5.74) is 11.5. The van der Waals surface area contributed by atoms with Crippen LogP contribution in [0.25, 0.3) is 22.2 Å². The second kappa shape index (κ2) is 12.6. The number of imide groups is 1. The Morgan fingerprint density at radius 2 is 1.59 bits per heavy atom. The molecule has 41 heavy (non-hydrogen) atoms. The van der Waals surface area contributed by atoms with Gasteiger partial charge in [-0.15, -0.1) is 0 Å². The van der Waals surface area contributed by atoms with E-state index in [4.69, 9.17) is 20.2 Å². The van der Waals surface area contributed by atoms with Crippen molar-refractivity contribution >= 4 is 40.8 Å². The molecule has 208 valence electrons. The van der Waals surface area contributed by atoms with E-state index in [1.807, 2.05) is 109 Å². The number of hydrogen-bond donors (Lipinski definition) is 2. The highest BCUT2D eigenvalue weighted by atomic mass is 32.2. The summed E-state index contributed by atoms with van der Waals surface area (Å²) in [6, 6.07) is 29.1. The standard InChI is InChI=1S/C32H30N4O4S/c1-36-29-18-27(40-26-13-7-23(8-14-26)22-5-9-24(33)10-6-22)15-16-28(29)35-31(36)19-39-25-11-3-21(4-12-25)17-30(41-2)32(38)34-20-37/h3-16,18,20,30H,17,19,33H2,1-2H3,(H,34,37,38). The summed E-state index contributed by atoms with van der Waals surface area (Å²) >= 11 is 1.40. The summed E-state index contributed by atoms with van der Waals surface area (Å²) in [5, 5.41) is 1.88. The Labute approximate surface area is 242 Å². The third-order valence-corrected chi connectivity index (χ3v) is 7.72. The van der Waals surface area contributed by atoms with Crippen molar-refractivity contribution in [1.82, 2.24) is 14.9 Å². The van der Waals surface area contributed by atoms with E-state index in [1.54, 1.807) is 0 Å². The van der Waals surface area contributed by atoms with Crippen molar-refractivity contribution in [2.75, 3.05) is 12.0 Å². The van der Waals surface area contributed by atoms with Crippen LogP contribution < -0.4 is 20.5 Å². The van der Waals surface area contributed by atoms with Gasteiger partial charge in [-0.3, -0.25) is 14.9 Å². The summed E-state index contributed by atoms with van der Waals surface area (Å²) in [6.45, 7) is 0.294. The normalized spacial score (nSPS) is 11.7. The number of nitrogens with two attached hydrogens (primary N) is 1. The first kappa shape index (κ1) is 27.8. The van der Waals surface area contributed by atoms with Crippen LogP contribution in [0.15, 0.2) is 91.0 Å². The predicted molar refractivity (Wildman–Crippen MR) is 163 cm³/mol. The highest BCUT2D eigenvalue weighted by Gasteiger charge is 2.17. The smallest absolute Gasteiger partial charge is 0.239 e. The summed E-state index contributed by atoms with van der Waals surface area (Å²) < 4.78 is 14.1. The van der Waals surface area contributed by atoms with Gasteiger partial charge >= 0.3 is 0 Å². The zero-order valence-electron chi connectivity index (χ0n) is 22.7. The van der Waals surface area contributed by atoms with E-state index in [0.29, 0.717) is 30.9 Å². The van der Waals surface area contributed by atoms with Crippen LogP contribution in [0.4, 0.5) is 5.69 Å². The number of carbonyl (C=O) groups excluding carboxylic acids is 2. The molecule has 0 aliphatic rings. The van der Waals surface area contributed by atoms with Gasteiger partial charge in [0, 0.05) is 18.8 Å². The van der Waals surface area contributed by atoms with Crippen molar-refractivity contribution in [3.8, 4) is 28.4 Å². The third kappa shape index (κ3) is 6.70. The molecule has 0 bridgehead atoms.